The topological polar surface area (TPSA) is 63.2 Å². The number of carbonyl (C=O) groups is 1. The normalized spacial score (nSPS) is 21.8. The van der Waals surface area contributed by atoms with Gasteiger partial charge in [0.15, 0.2) is 11.5 Å². The molecule has 1 aromatic rings. The van der Waals surface area contributed by atoms with Crippen molar-refractivity contribution < 1.29 is 14.3 Å². The summed E-state index contributed by atoms with van der Waals surface area (Å²) >= 11 is 0. The molecule has 6 nitrogen and oxygen atoms in total. The molecule has 0 unspecified atom stereocenters. The monoisotopic (exact) mass is 289 g/mol. The van der Waals surface area contributed by atoms with Crippen LogP contribution in [0.2, 0.25) is 0 Å². The third-order valence-corrected chi connectivity index (χ3v) is 3.69. The van der Waals surface area contributed by atoms with E-state index in [4.69, 9.17) is 9.47 Å². The molecule has 1 aromatic carbocycles. The molecule has 1 fully saturated rings. The van der Waals surface area contributed by atoms with Gasteiger partial charge in [-0.05, 0) is 19.2 Å². The van der Waals surface area contributed by atoms with Crippen LogP contribution in [0.1, 0.15) is 12.8 Å². The summed E-state index contributed by atoms with van der Waals surface area (Å²) in [7, 11) is 2.08. The Labute approximate surface area is 123 Å². The van der Waals surface area contributed by atoms with E-state index in [1.165, 1.54) is 0 Å². The smallest absolute Gasteiger partial charge is 0.284 e. The van der Waals surface area contributed by atoms with E-state index in [1.807, 2.05) is 18.2 Å². The maximum Gasteiger partial charge on any atom is 0.284 e. The number of fused-ring (bicyclic) bond motifs is 1. The Hall–Kier alpha value is -2.08. The Morgan fingerprint density at radius 3 is 2.76 bits per heavy atom. The standard InChI is InChI=1S/C15H19N3O3/c1-18-8-6-11(7-9-18)16-17-15(19)14-10-20-12-4-2-3-5-13(12)21-14/h2-5,14H,6-10H2,1H3,(H,17,19)/t14-/m1/s1. The van der Waals surface area contributed by atoms with Crippen LogP contribution in [-0.2, 0) is 4.79 Å². The number of likely N-dealkylation sites (tertiary alicyclic amines) is 1. The van der Waals surface area contributed by atoms with Crippen LogP contribution in [0, 0.1) is 0 Å². The molecule has 1 atom stereocenters. The average molecular weight is 289 g/mol. The number of benzene rings is 1. The van der Waals surface area contributed by atoms with Gasteiger partial charge in [-0.2, -0.15) is 5.10 Å². The summed E-state index contributed by atoms with van der Waals surface area (Å²) in [5, 5.41) is 4.20. The van der Waals surface area contributed by atoms with Gasteiger partial charge >= 0.3 is 0 Å². The predicted molar refractivity (Wildman–Crippen MR) is 78.7 cm³/mol. The molecule has 21 heavy (non-hydrogen) atoms. The van der Waals surface area contributed by atoms with Crippen molar-refractivity contribution in [1.82, 2.24) is 10.3 Å². The van der Waals surface area contributed by atoms with Crippen molar-refractivity contribution >= 4 is 11.6 Å². The fourth-order valence-corrected chi connectivity index (χ4v) is 2.34. The summed E-state index contributed by atoms with van der Waals surface area (Å²) in [6.45, 7) is 2.16. The zero-order chi connectivity index (χ0) is 14.7. The number of ether oxygens (including phenoxy) is 2. The van der Waals surface area contributed by atoms with Gasteiger partial charge in [-0.3, -0.25) is 4.79 Å². The number of hydrazone groups is 1. The van der Waals surface area contributed by atoms with Gasteiger partial charge < -0.3 is 14.4 Å². The zero-order valence-electron chi connectivity index (χ0n) is 12.0. The van der Waals surface area contributed by atoms with E-state index in [0.29, 0.717) is 11.5 Å². The van der Waals surface area contributed by atoms with Gasteiger partial charge in [0.25, 0.3) is 5.91 Å². The van der Waals surface area contributed by atoms with Gasteiger partial charge in [0.1, 0.15) is 6.61 Å². The van der Waals surface area contributed by atoms with E-state index in [-0.39, 0.29) is 12.5 Å². The average Bonchev–Trinajstić information content (AvgIpc) is 2.53. The van der Waals surface area contributed by atoms with Crippen LogP contribution in [0.15, 0.2) is 29.4 Å². The minimum Gasteiger partial charge on any atom is -0.485 e. The number of para-hydroxylation sites is 2. The lowest BCUT2D eigenvalue weighted by Gasteiger charge is -2.25. The summed E-state index contributed by atoms with van der Waals surface area (Å²) in [5.41, 5.74) is 3.62. The van der Waals surface area contributed by atoms with E-state index >= 15 is 0 Å². The van der Waals surface area contributed by atoms with Gasteiger partial charge in [0.05, 0.1) is 0 Å². The largest absolute Gasteiger partial charge is 0.485 e. The first-order valence-electron chi connectivity index (χ1n) is 7.15. The maximum absolute atomic E-state index is 12.1. The quantitative estimate of drug-likeness (QED) is 0.826. The molecule has 1 N–H and O–H groups in total. The molecule has 1 saturated heterocycles. The summed E-state index contributed by atoms with van der Waals surface area (Å²) in [4.78, 5) is 14.3. The fourth-order valence-electron chi connectivity index (χ4n) is 2.34. The molecule has 2 heterocycles. The molecular weight excluding hydrogens is 270 g/mol. The number of hydrogen-bond acceptors (Lipinski definition) is 5. The van der Waals surface area contributed by atoms with Gasteiger partial charge in [0, 0.05) is 31.6 Å². The number of nitrogens with zero attached hydrogens (tertiary/aromatic N) is 2. The highest BCUT2D eigenvalue weighted by atomic mass is 16.6. The molecule has 0 spiro atoms. The summed E-state index contributed by atoms with van der Waals surface area (Å²) in [6.07, 6.45) is 1.12. The van der Waals surface area contributed by atoms with Gasteiger partial charge in [0.2, 0.25) is 6.10 Å². The molecule has 0 bridgehead atoms. The number of amides is 1. The summed E-state index contributed by atoms with van der Waals surface area (Å²) in [5.74, 6) is 0.995. The second kappa shape index (κ2) is 6.13. The van der Waals surface area contributed by atoms with Crippen molar-refractivity contribution in [1.29, 1.82) is 0 Å². The van der Waals surface area contributed by atoms with Gasteiger partial charge in [-0.15, -0.1) is 0 Å². The van der Waals surface area contributed by atoms with Crippen LogP contribution < -0.4 is 14.9 Å². The molecule has 0 aliphatic carbocycles. The highest BCUT2D eigenvalue weighted by molar-refractivity contribution is 5.88. The van der Waals surface area contributed by atoms with Crippen molar-refractivity contribution in [3.8, 4) is 11.5 Å². The fraction of sp³-hybridized carbons (Fsp3) is 0.467. The number of rotatable bonds is 2. The second-order valence-corrected chi connectivity index (χ2v) is 5.32. The lowest BCUT2D eigenvalue weighted by Crippen LogP contribution is -2.43. The first-order valence-corrected chi connectivity index (χ1v) is 7.15. The van der Waals surface area contributed by atoms with Crippen molar-refractivity contribution in [3.05, 3.63) is 24.3 Å². The SMILES string of the molecule is CN1CCC(=NNC(=O)[C@H]2COc3ccccc3O2)CC1. The van der Waals surface area contributed by atoms with Gasteiger partial charge in [-0.25, -0.2) is 5.43 Å². The predicted octanol–water partition coefficient (Wildman–Crippen LogP) is 1.02. The number of carbonyl (C=O) groups excluding carboxylic acids is 1. The van der Waals surface area contributed by atoms with Crippen molar-refractivity contribution in [3.63, 3.8) is 0 Å². The van der Waals surface area contributed by atoms with E-state index in [0.717, 1.165) is 31.6 Å². The Bertz CT molecular complexity index is 549. The van der Waals surface area contributed by atoms with E-state index < -0.39 is 6.10 Å². The number of nitrogens with one attached hydrogen (secondary N) is 1. The van der Waals surface area contributed by atoms with Crippen molar-refractivity contribution in [2.75, 3.05) is 26.7 Å². The third kappa shape index (κ3) is 3.33. The molecule has 0 saturated carbocycles. The Kier molecular flexibility index (Phi) is 4.06. The lowest BCUT2D eigenvalue weighted by molar-refractivity contribution is -0.130. The molecule has 2 aliphatic heterocycles. The molecule has 3 rings (SSSR count). The minimum atomic E-state index is -0.657. The molecule has 1 amide bonds. The Morgan fingerprint density at radius 1 is 1.29 bits per heavy atom. The lowest BCUT2D eigenvalue weighted by atomic mass is 10.1. The first kappa shape index (κ1) is 13.9. The molecule has 6 heteroatoms. The highest BCUT2D eigenvalue weighted by Crippen LogP contribution is 2.30. The summed E-state index contributed by atoms with van der Waals surface area (Å²) in [6, 6.07) is 7.33. The number of piperidine rings is 1. The maximum atomic E-state index is 12.1. The van der Waals surface area contributed by atoms with Crippen LogP contribution in [0.4, 0.5) is 0 Å². The van der Waals surface area contributed by atoms with Crippen molar-refractivity contribution in [2.24, 2.45) is 5.10 Å². The summed E-state index contributed by atoms with van der Waals surface area (Å²) < 4.78 is 11.2. The first-order chi connectivity index (χ1) is 10.2. The molecular formula is C15H19N3O3. The molecule has 2 aliphatic rings. The Morgan fingerprint density at radius 2 is 2.00 bits per heavy atom. The van der Waals surface area contributed by atoms with E-state index in [1.54, 1.807) is 6.07 Å². The van der Waals surface area contributed by atoms with Gasteiger partial charge in [-0.1, -0.05) is 12.1 Å². The van der Waals surface area contributed by atoms with Crippen LogP contribution in [0.5, 0.6) is 11.5 Å². The molecule has 0 aromatic heterocycles. The van der Waals surface area contributed by atoms with Crippen LogP contribution >= 0.6 is 0 Å². The second-order valence-electron chi connectivity index (χ2n) is 5.32. The Balaban J connectivity index is 1.56. The van der Waals surface area contributed by atoms with E-state index in [9.17, 15) is 4.79 Å². The van der Waals surface area contributed by atoms with E-state index in [2.05, 4.69) is 22.5 Å². The highest BCUT2D eigenvalue weighted by Gasteiger charge is 2.27. The minimum absolute atomic E-state index is 0.205. The van der Waals surface area contributed by atoms with Crippen LogP contribution in [0.3, 0.4) is 0 Å². The van der Waals surface area contributed by atoms with Crippen molar-refractivity contribution in [2.45, 2.75) is 18.9 Å². The van der Waals surface area contributed by atoms with Crippen LogP contribution in [0.25, 0.3) is 0 Å². The third-order valence-electron chi connectivity index (χ3n) is 3.69. The van der Waals surface area contributed by atoms with Crippen LogP contribution in [-0.4, -0.2) is 49.4 Å². The zero-order valence-corrected chi connectivity index (χ0v) is 12.0. The molecule has 112 valence electrons. The number of hydrogen-bond donors (Lipinski definition) is 1. The molecule has 0 radical (unpaired) electrons.